The Labute approximate surface area is 176 Å². The number of nitrogens with zero attached hydrogens (tertiary/aromatic N) is 2. The van der Waals surface area contributed by atoms with E-state index in [0.717, 1.165) is 16.0 Å². The molecule has 3 aromatic carbocycles. The van der Waals surface area contributed by atoms with Gasteiger partial charge >= 0.3 is 0 Å². The molecule has 1 saturated heterocycles. The fraction of sp³-hybridized carbons (Fsp3) is 0.167. The zero-order chi connectivity index (χ0) is 21.5. The van der Waals surface area contributed by atoms with Crippen LogP contribution in [0.2, 0.25) is 0 Å². The highest BCUT2D eigenvalue weighted by Gasteiger charge is 2.68. The Balaban J connectivity index is 1.55. The zero-order valence-corrected chi connectivity index (χ0v) is 16.1. The summed E-state index contributed by atoms with van der Waals surface area (Å²) in [6.45, 7) is 0. The van der Waals surface area contributed by atoms with E-state index in [-0.39, 0.29) is 17.3 Å². The van der Waals surface area contributed by atoms with Gasteiger partial charge in [0.15, 0.2) is 0 Å². The Bertz CT molecular complexity index is 1250. The van der Waals surface area contributed by atoms with Crippen LogP contribution in [0.15, 0.2) is 72.8 Å². The first kappa shape index (κ1) is 18.0. The van der Waals surface area contributed by atoms with Crippen molar-refractivity contribution in [3.05, 3.63) is 105 Å². The van der Waals surface area contributed by atoms with Crippen LogP contribution in [0.4, 0.5) is 11.4 Å². The number of non-ortho nitro benzene ring substituents is 1. The van der Waals surface area contributed by atoms with Gasteiger partial charge in [0.25, 0.3) is 5.69 Å². The third-order valence-electron chi connectivity index (χ3n) is 6.89. The van der Waals surface area contributed by atoms with Gasteiger partial charge in [-0.05, 0) is 34.4 Å². The summed E-state index contributed by atoms with van der Waals surface area (Å²) >= 11 is 0. The number of amides is 2. The van der Waals surface area contributed by atoms with E-state index in [1.165, 1.54) is 24.3 Å². The summed E-state index contributed by atoms with van der Waals surface area (Å²) in [5.74, 6) is -2.91. The number of nitro groups is 1. The van der Waals surface area contributed by atoms with Gasteiger partial charge in [-0.3, -0.25) is 19.7 Å². The zero-order valence-electron chi connectivity index (χ0n) is 16.1. The van der Waals surface area contributed by atoms with E-state index < -0.39 is 34.2 Å². The molecular weight excluding hydrogens is 396 g/mol. The maximum atomic E-state index is 13.6. The lowest BCUT2D eigenvalue weighted by molar-refractivity contribution is -0.384. The van der Waals surface area contributed by atoms with Crippen LogP contribution >= 0.6 is 0 Å². The van der Waals surface area contributed by atoms with Gasteiger partial charge in [-0.15, -0.1) is 0 Å². The SMILES string of the molecule is O=C1[C@H]2C3c4ccccc4C(O)(c4ccccc43)[C@H]2C(=O)N1c1ccc([N+](=O)[O-])cc1. The van der Waals surface area contributed by atoms with Gasteiger partial charge in [-0.1, -0.05) is 48.5 Å². The number of carbonyl (C=O) groups is 2. The highest BCUT2D eigenvalue weighted by atomic mass is 16.6. The lowest BCUT2D eigenvalue weighted by atomic mass is 9.52. The van der Waals surface area contributed by atoms with Crippen molar-refractivity contribution in [1.82, 2.24) is 0 Å². The monoisotopic (exact) mass is 412 g/mol. The minimum Gasteiger partial charge on any atom is -0.379 e. The average Bonchev–Trinajstić information content (AvgIpc) is 3.06. The minimum absolute atomic E-state index is 0.126. The molecule has 3 aliphatic carbocycles. The van der Waals surface area contributed by atoms with Crippen LogP contribution in [0.1, 0.15) is 28.2 Å². The first-order valence-electron chi connectivity index (χ1n) is 9.98. The van der Waals surface area contributed by atoms with E-state index in [1.54, 1.807) is 0 Å². The van der Waals surface area contributed by atoms with E-state index in [2.05, 4.69) is 0 Å². The number of hydrogen-bond donors (Lipinski definition) is 1. The van der Waals surface area contributed by atoms with Crippen LogP contribution in [-0.2, 0) is 15.2 Å². The van der Waals surface area contributed by atoms with Crippen molar-refractivity contribution < 1.29 is 19.6 Å². The maximum absolute atomic E-state index is 13.6. The average molecular weight is 412 g/mol. The van der Waals surface area contributed by atoms with Crippen LogP contribution in [-0.4, -0.2) is 21.8 Å². The number of hydrogen-bond acceptors (Lipinski definition) is 5. The van der Waals surface area contributed by atoms with E-state index in [0.29, 0.717) is 11.1 Å². The van der Waals surface area contributed by atoms with Gasteiger partial charge in [0.1, 0.15) is 5.60 Å². The van der Waals surface area contributed by atoms with Gasteiger partial charge in [0.05, 0.1) is 22.4 Å². The molecule has 2 bridgehead atoms. The summed E-state index contributed by atoms with van der Waals surface area (Å²) in [6.07, 6.45) is 0. The highest BCUT2D eigenvalue weighted by molar-refractivity contribution is 6.23. The fourth-order valence-electron chi connectivity index (χ4n) is 5.71. The Morgan fingerprint density at radius 2 is 1.39 bits per heavy atom. The minimum atomic E-state index is -1.62. The molecule has 1 fully saturated rings. The van der Waals surface area contributed by atoms with Crippen LogP contribution in [0, 0.1) is 22.0 Å². The van der Waals surface area contributed by atoms with Gasteiger partial charge in [-0.2, -0.15) is 0 Å². The smallest absolute Gasteiger partial charge is 0.269 e. The van der Waals surface area contributed by atoms with Crippen molar-refractivity contribution in [2.75, 3.05) is 4.90 Å². The van der Waals surface area contributed by atoms with E-state index in [4.69, 9.17) is 0 Å². The van der Waals surface area contributed by atoms with E-state index in [1.807, 2.05) is 48.5 Å². The molecule has 0 spiro atoms. The van der Waals surface area contributed by atoms with Crippen LogP contribution < -0.4 is 4.90 Å². The third kappa shape index (κ3) is 2.06. The quantitative estimate of drug-likeness (QED) is 0.396. The van der Waals surface area contributed by atoms with Crippen LogP contribution in [0.3, 0.4) is 0 Å². The van der Waals surface area contributed by atoms with Crippen LogP contribution in [0.5, 0.6) is 0 Å². The third-order valence-corrected chi connectivity index (χ3v) is 6.89. The van der Waals surface area contributed by atoms with Gasteiger partial charge in [0.2, 0.25) is 11.8 Å². The van der Waals surface area contributed by atoms with Crippen molar-refractivity contribution in [1.29, 1.82) is 0 Å². The molecule has 1 N–H and O–H groups in total. The summed E-state index contributed by atoms with van der Waals surface area (Å²) < 4.78 is 0. The van der Waals surface area contributed by atoms with Crippen molar-refractivity contribution in [2.24, 2.45) is 11.8 Å². The topological polar surface area (TPSA) is 101 Å². The highest BCUT2D eigenvalue weighted by Crippen LogP contribution is 2.63. The normalized spacial score (nSPS) is 27.6. The lowest BCUT2D eigenvalue weighted by Crippen LogP contribution is -2.53. The number of nitro benzene ring substituents is 1. The molecule has 3 aromatic rings. The molecule has 152 valence electrons. The second-order valence-corrected chi connectivity index (χ2v) is 8.21. The van der Waals surface area contributed by atoms with Crippen molar-refractivity contribution >= 4 is 23.2 Å². The summed E-state index contributed by atoms with van der Waals surface area (Å²) in [5.41, 5.74) is 1.56. The number of benzene rings is 3. The summed E-state index contributed by atoms with van der Waals surface area (Å²) in [7, 11) is 0. The predicted molar refractivity (Wildman–Crippen MR) is 110 cm³/mol. The molecule has 2 amide bonds. The molecule has 0 aromatic heterocycles. The Morgan fingerprint density at radius 3 is 1.94 bits per heavy atom. The van der Waals surface area contributed by atoms with E-state index >= 15 is 0 Å². The van der Waals surface area contributed by atoms with Gasteiger partial charge < -0.3 is 5.11 Å². The van der Waals surface area contributed by atoms with Crippen LogP contribution in [0.25, 0.3) is 0 Å². The molecule has 7 heteroatoms. The van der Waals surface area contributed by atoms with E-state index in [9.17, 15) is 24.8 Å². The number of carbonyl (C=O) groups excluding carboxylic acids is 2. The largest absolute Gasteiger partial charge is 0.379 e. The first-order valence-corrected chi connectivity index (χ1v) is 9.98. The Morgan fingerprint density at radius 1 is 0.839 bits per heavy atom. The number of imide groups is 1. The lowest BCUT2D eigenvalue weighted by Gasteiger charge is -2.51. The molecule has 1 aliphatic heterocycles. The molecule has 7 rings (SSSR count). The molecule has 31 heavy (non-hydrogen) atoms. The van der Waals surface area contributed by atoms with Gasteiger partial charge in [-0.25, -0.2) is 4.90 Å². The molecule has 0 radical (unpaired) electrons. The molecule has 1 heterocycles. The Kier molecular flexibility index (Phi) is 3.40. The number of aliphatic hydroxyl groups is 1. The summed E-state index contributed by atoms with van der Waals surface area (Å²) in [4.78, 5) is 38.7. The summed E-state index contributed by atoms with van der Waals surface area (Å²) in [5, 5.41) is 23.1. The second-order valence-electron chi connectivity index (χ2n) is 8.21. The fourth-order valence-corrected chi connectivity index (χ4v) is 5.71. The molecular formula is C24H16N2O5. The molecule has 4 aliphatic rings. The molecule has 7 nitrogen and oxygen atoms in total. The van der Waals surface area contributed by atoms with Gasteiger partial charge in [0, 0.05) is 18.1 Å². The maximum Gasteiger partial charge on any atom is 0.269 e. The van der Waals surface area contributed by atoms with Crippen molar-refractivity contribution in [3.63, 3.8) is 0 Å². The van der Waals surface area contributed by atoms with Crippen molar-refractivity contribution in [3.8, 4) is 0 Å². The molecule has 0 saturated carbocycles. The standard InChI is InChI=1S/C24H16N2O5/c27-22-20-19-15-5-1-3-7-17(15)24(29,18-8-4-2-6-16(18)19)21(20)23(28)25(22)13-9-11-14(12-10-13)26(30)31/h1-12,19-21,29H/t19?,20-,21+,24?/m0/s1. The summed E-state index contributed by atoms with van der Waals surface area (Å²) in [6, 6.07) is 20.2. The number of rotatable bonds is 2. The predicted octanol–water partition coefficient (Wildman–Crippen LogP) is 3.10. The molecule has 2 atom stereocenters. The molecule has 0 unspecified atom stereocenters. The van der Waals surface area contributed by atoms with Crippen molar-refractivity contribution in [2.45, 2.75) is 11.5 Å². The number of anilines is 1. The Hall–Kier alpha value is -3.84. The first-order chi connectivity index (χ1) is 14.9. The second kappa shape index (κ2) is 5.86.